The summed E-state index contributed by atoms with van der Waals surface area (Å²) in [6.07, 6.45) is 0. The average molecular weight is 239 g/mol. The van der Waals surface area contributed by atoms with Crippen LogP contribution in [-0.2, 0) is 53.4 Å². The van der Waals surface area contributed by atoms with E-state index in [1.54, 1.807) is 0 Å². The molecule has 0 aliphatic rings. The van der Waals surface area contributed by atoms with Crippen LogP contribution in [0.4, 0.5) is 0 Å². The Balaban J connectivity index is 0. The molecule has 1 radical (unpaired) electrons. The summed E-state index contributed by atoms with van der Waals surface area (Å²) < 4.78 is 43.2. The zero-order valence-electron chi connectivity index (χ0n) is 2.79. The maximum atomic E-state index is 8.64. The minimum absolute atomic E-state index is 0. The van der Waals surface area contributed by atoms with Crippen LogP contribution in [0.15, 0.2) is 0 Å². The molecule has 0 unspecified atom stereocenters. The van der Waals surface area contributed by atoms with Crippen molar-refractivity contribution in [1.82, 2.24) is 0 Å². The minimum atomic E-state index is -7.74. The first-order valence-corrected chi connectivity index (χ1v) is 3.76. The molecule has 0 spiro atoms. The van der Waals surface area contributed by atoms with Crippen molar-refractivity contribution in [3.63, 3.8) is 0 Å². The predicted molar refractivity (Wildman–Crippen MR) is 3.43 cm³/mol. The monoisotopic (exact) mass is 238 g/mol. The fraction of sp³-hybridized carbons (Fsp3) is 0. The number of hydrogen-bond donors (Lipinski definition) is 0. The van der Waals surface area contributed by atoms with E-state index in [2.05, 4.69) is 0 Å². The van der Waals surface area contributed by atoms with E-state index in [-0.39, 0.29) is 22.4 Å². The van der Waals surface area contributed by atoms with Crippen molar-refractivity contribution in [2.45, 2.75) is 0 Å². The van der Waals surface area contributed by atoms with E-state index in [0.29, 0.717) is 0 Å². The topological polar surface area (TPSA) is 85.3 Å². The van der Waals surface area contributed by atoms with Gasteiger partial charge >= 0.3 is 31.0 Å². The van der Waals surface area contributed by atoms with Crippen LogP contribution in [0.2, 0.25) is 0 Å². The Morgan fingerprint density at radius 1 is 0.714 bits per heavy atom. The van der Waals surface area contributed by atoms with E-state index >= 15 is 0 Å². The zero-order chi connectivity index (χ0) is 5.45. The Hall–Kier alpha value is 0.325. The second-order valence-corrected chi connectivity index (χ2v) is 3.07. The summed E-state index contributed by atoms with van der Waals surface area (Å²) in [7, 11) is 0. The molecule has 0 amide bonds. The third kappa shape index (κ3) is 1120. The predicted octanol–water partition coefficient (Wildman–Crippen LogP) is -0.599. The SMILES string of the molecule is [Ag].[O]=[V](=[O])(=[O])(=[O])=[O]. The number of rotatable bonds is 0. The molecule has 0 rings (SSSR count). The Morgan fingerprint density at radius 3 is 0.714 bits per heavy atom. The molecule has 46 valence electrons. The molecule has 0 heterocycles. The summed E-state index contributed by atoms with van der Waals surface area (Å²) >= 11 is -7.74. The zero-order valence-corrected chi connectivity index (χ0v) is 5.67. The molecule has 0 bridgehead atoms. The van der Waals surface area contributed by atoms with E-state index in [4.69, 9.17) is 18.4 Å². The molecule has 5 nitrogen and oxygen atoms in total. The van der Waals surface area contributed by atoms with Crippen LogP contribution in [-0.4, -0.2) is 0 Å². The summed E-state index contributed by atoms with van der Waals surface area (Å²) in [6, 6.07) is 0. The molecule has 0 aromatic rings. The van der Waals surface area contributed by atoms with Gasteiger partial charge < -0.3 is 0 Å². The summed E-state index contributed by atoms with van der Waals surface area (Å²) in [4.78, 5) is 0. The molecule has 0 aliphatic heterocycles. The van der Waals surface area contributed by atoms with Crippen LogP contribution in [0.5, 0.6) is 0 Å². The summed E-state index contributed by atoms with van der Waals surface area (Å²) in [5.74, 6) is 0. The number of hydrogen-bond acceptors (Lipinski definition) is 5. The van der Waals surface area contributed by atoms with Gasteiger partial charge in [0.15, 0.2) is 0 Å². The first kappa shape index (κ1) is 10.3. The molecule has 0 saturated heterocycles. The summed E-state index contributed by atoms with van der Waals surface area (Å²) in [6.45, 7) is 0. The van der Waals surface area contributed by atoms with Crippen LogP contribution in [0.1, 0.15) is 0 Å². The van der Waals surface area contributed by atoms with Gasteiger partial charge in [-0.25, -0.2) is 0 Å². The van der Waals surface area contributed by atoms with Gasteiger partial charge in [-0.3, -0.25) is 0 Å². The van der Waals surface area contributed by atoms with Crippen LogP contribution in [0.3, 0.4) is 0 Å². The molecule has 0 aliphatic carbocycles. The van der Waals surface area contributed by atoms with E-state index < -0.39 is 12.6 Å². The molecule has 0 saturated carbocycles. The standard InChI is InChI=1S/Ag.5O.V. The Morgan fingerprint density at radius 2 is 0.714 bits per heavy atom. The molecule has 0 aromatic heterocycles. The van der Waals surface area contributed by atoms with Gasteiger partial charge in [0.1, 0.15) is 0 Å². The van der Waals surface area contributed by atoms with E-state index in [0.717, 1.165) is 0 Å². The summed E-state index contributed by atoms with van der Waals surface area (Å²) in [5.41, 5.74) is 0. The van der Waals surface area contributed by atoms with Gasteiger partial charge in [-0.15, -0.1) is 0 Å². The molecule has 0 atom stereocenters. The van der Waals surface area contributed by atoms with Crippen molar-refractivity contribution in [3.8, 4) is 0 Å². The second kappa shape index (κ2) is 1.68. The van der Waals surface area contributed by atoms with Gasteiger partial charge in [0.25, 0.3) is 0 Å². The molecule has 0 N–H and O–H groups in total. The van der Waals surface area contributed by atoms with Gasteiger partial charge in [-0.1, -0.05) is 0 Å². The third-order valence-electron chi connectivity index (χ3n) is 0. The second-order valence-electron chi connectivity index (χ2n) is 0.745. The first-order valence-electron chi connectivity index (χ1n) is 0.913. The van der Waals surface area contributed by atoms with Gasteiger partial charge in [0.2, 0.25) is 0 Å². The van der Waals surface area contributed by atoms with Crippen molar-refractivity contribution in [3.05, 3.63) is 0 Å². The van der Waals surface area contributed by atoms with Crippen LogP contribution < -0.4 is 0 Å². The molecular weight excluding hydrogens is 239 g/mol. The van der Waals surface area contributed by atoms with Gasteiger partial charge in [-0.2, -0.15) is 0 Å². The fourth-order valence-corrected chi connectivity index (χ4v) is 0. The van der Waals surface area contributed by atoms with Crippen LogP contribution >= 0.6 is 0 Å². The normalized spacial score (nSPS) is 8.57. The van der Waals surface area contributed by atoms with Gasteiger partial charge in [0.05, 0.1) is 0 Å². The van der Waals surface area contributed by atoms with E-state index in [9.17, 15) is 0 Å². The molecule has 0 fully saturated rings. The average Bonchev–Trinajstić information content (AvgIpc) is 0.650. The summed E-state index contributed by atoms with van der Waals surface area (Å²) in [5, 5.41) is 0. The van der Waals surface area contributed by atoms with E-state index in [1.807, 2.05) is 0 Å². The van der Waals surface area contributed by atoms with Crippen LogP contribution in [0.25, 0.3) is 0 Å². The molecule has 0 aromatic carbocycles. The Kier molecular flexibility index (Phi) is 2.48. The third-order valence-corrected chi connectivity index (χ3v) is 0. The van der Waals surface area contributed by atoms with Crippen molar-refractivity contribution in [2.24, 2.45) is 0 Å². The molecule has 7 heavy (non-hydrogen) atoms. The van der Waals surface area contributed by atoms with Crippen molar-refractivity contribution >= 4 is 0 Å². The Bertz CT molecular complexity index is 278. The van der Waals surface area contributed by atoms with Crippen molar-refractivity contribution in [1.29, 1.82) is 0 Å². The van der Waals surface area contributed by atoms with Gasteiger partial charge in [-0.05, 0) is 0 Å². The van der Waals surface area contributed by atoms with E-state index in [1.165, 1.54) is 0 Å². The fourth-order valence-electron chi connectivity index (χ4n) is 0. The Labute approximate surface area is 53.5 Å². The maximum absolute atomic E-state index is 8.64. The first-order chi connectivity index (χ1) is 2.24. The quantitative estimate of drug-likeness (QED) is 0.526. The van der Waals surface area contributed by atoms with Crippen molar-refractivity contribution < 1.29 is 53.4 Å². The molecule has 7 heteroatoms. The van der Waals surface area contributed by atoms with Gasteiger partial charge in [0, 0.05) is 22.4 Å². The van der Waals surface area contributed by atoms with Crippen molar-refractivity contribution in [2.75, 3.05) is 0 Å². The van der Waals surface area contributed by atoms with Crippen LogP contribution in [0, 0.1) is 0 Å². The molecular formula is AgO5V.